The van der Waals surface area contributed by atoms with Crippen LogP contribution in [0, 0.1) is 0 Å². The molecular weight excluding hydrogens is 272 g/mol. The SMILES string of the molecule is CCCCCC(Br)c1cc(CC)ccc1CC. The summed E-state index contributed by atoms with van der Waals surface area (Å²) in [6.45, 7) is 6.74. The van der Waals surface area contributed by atoms with E-state index in [1.165, 1.54) is 42.4 Å². The van der Waals surface area contributed by atoms with Gasteiger partial charge in [-0.3, -0.25) is 0 Å². The van der Waals surface area contributed by atoms with Gasteiger partial charge in [-0.2, -0.15) is 0 Å². The lowest BCUT2D eigenvalue weighted by atomic mass is 9.96. The monoisotopic (exact) mass is 296 g/mol. The van der Waals surface area contributed by atoms with E-state index >= 15 is 0 Å². The van der Waals surface area contributed by atoms with Gasteiger partial charge >= 0.3 is 0 Å². The zero-order chi connectivity index (χ0) is 12.7. The Kier molecular flexibility index (Phi) is 6.87. The Morgan fingerprint density at radius 3 is 2.41 bits per heavy atom. The molecule has 0 N–H and O–H groups in total. The van der Waals surface area contributed by atoms with E-state index in [9.17, 15) is 0 Å². The van der Waals surface area contributed by atoms with Gasteiger partial charge in [-0.25, -0.2) is 0 Å². The normalized spacial score (nSPS) is 12.7. The molecule has 0 heterocycles. The number of hydrogen-bond acceptors (Lipinski definition) is 0. The Bertz CT molecular complexity index is 330. The van der Waals surface area contributed by atoms with E-state index in [-0.39, 0.29) is 0 Å². The van der Waals surface area contributed by atoms with Crippen molar-refractivity contribution in [2.24, 2.45) is 0 Å². The van der Waals surface area contributed by atoms with Crippen LogP contribution in [0.3, 0.4) is 0 Å². The summed E-state index contributed by atoms with van der Waals surface area (Å²) in [5, 5.41) is 0. The highest BCUT2D eigenvalue weighted by molar-refractivity contribution is 9.09. The molecule has 17 heavy (non-hydrogen) atoms. The fourth-order valence-corrected chi connectivity index (χ4v) is 2.96. The molecule has 0 aliphatic heterocycles. The fourth-order valence-electron chi connectivity index (χ4n) is 2.21. The maximum atomic E-state index is 3.87. The first kappa shape index (κ1) is 14.8. The van der Waals surface area contributed by atoms with Crippen LogP contribution in [0.1, 0.15) is 68.0 Å². The van der Waals surface area contributed by atoms with E-state index in [2.05, 4.69) is 54.9 Å². The van der Waals surface area contributed by atoms with E-state index in [1.54, 1.807) is 0 Å². The van der Waals surface area contributed by atoms with Crippen molar-refractivity contribution < 1.29 is 0 Å². The number of halogens is 1. The average Bonchev–Trinajstić information content (AvgIpc) is 2.38. The van der Waals surface area contributed by atoms with Gasteiger partial charge in [-0.05, 0) is 36.0 Å². The molecule has 0 spiro atoms. The number of benzene rings is 1. The van der Waals surface area contributed by atoms with Gasteiger partial charge in [0, 0.05) is 4.83 Å². The quantitative estimate of drug-likeness (QED) is 0.439. The van der Waals surface area contributed by atoms with E-state index in [0.717, 1.165) is 12.8 Å². The van der Waals surface area contributed by atoms with Crippen LogP contribution in [0.25, 0.3) is 0 Å². The Hall–Kier alpha value is -0.300. The molecule has 0 saturated heterocycles. The average molecular weight is 297 g/mol. The molecular formula is C16H25Br. The van der Waals surface area contributed by atoms with Crippen LogP contribution in [-0.2, 0) is 12.8 Å². The van der Waals surface area contributed by atoms with E-state index < -0.39 is 0 Å². The fraction of sp³-hybridized carbons (Fsp3) is 0.625. The van der Waals surface area contributed by atoms with Crippen molar-refractivity contribution in [2.75, 3.05) is 0 Å². The van der Waals surface area contributed by atoms with Crippen LogP contribution in [0.4, 0.5) is 0 Å². The molecule has 96 valence electrons. The van der Waals surface area contributed by atoms with Crippen LogP contribution in [0.15, 0.2) is 18.2 Å². The number of rotatable bonds is 7. The number of aryl methyl sites for hydroxylation is 2. The molecule has 1 aromatic rings. The smallest absolute Gasteiger partial charge is 0.0398 e. The topological polar surface area (TPSA) is 0 Å². The molecule has 1 unspecified atom stereocenters. The zero-order valence-corrected chi connectivity index (χ0v) is 13.0. The minimum Gasteiger partial charge on any atom is -0.0839 e. The molecule has 0 amide bonds. The summed E-state index contributed by atoms with van der Waals surface area (Å²) in [4.78, 5) is 0.538. The minimum absolute atomic E-state index is 0.538. The second-order valence-electron chi connectivity index (χ2n) is 4.70. The maximum absolute atomic E-state index is 3.87. The first-order valence-electron chi connectivity index (χ1n) is 6.98. The molecule has 0 aliphatic rings. The lowest BCUT2D eigenvalue weighted by Crippen LogP contribution is -1.98. The third-order valence-corrected chi connectivity index (χ3v) is 4.35. The molecule has 1 rings (SSSR count). The van der Waals surface area contributed by atoms with Crippen LogP contribution < -0.4 is 0 Å². The first-order chi connectivity index (χ1) is 8.22. The third-order valence-electron chi connectivity index (χ3n) is 3.40. The second kappa shape index (κ2) is 7.92. The summed E-state index contributed by atoms with van der Waals surface area (Å²) in [7, 11) is 0. The summed E-state index contributed by atoms with van der Waals surface area (Å²) in [6, 6.07) is 6.97. The predicted molar refractivity (Wildman–Crippen MR) is 81.0 cm³/mol. The Labute approximate surface area is 115 Å². The predicted octanol–water partition coefficient (Wildman–Crippen LogP) is 5.83. The van der Waals surface area contributed by atoms with E-state index in [4.69, 9.17) is 0 Å². The maximum Gasteiger partial charge on any atom is 0.0398 e. The van der Waals surface area contributed by atoms with Crippen LogP contribution >= 0.6 is 15.9 Å². The van der Waals surface area contributed by atoms with Crippen molar-refractivity contribution in [1.82, 2.24) is 0 Å². The van der Waals surface area contributed by atoms with Gasteiger partial charge in [0.05, 0.1) is 0 Å². The molecule has 0 radical (unpaired) electrons. The summed E-state index contributed by atoms with van der Waals surface area (Å²) in [5.41, 5.74) is 4.47. The van der Waals surface area contributed by atoms with Crippen molar-refractivity contribution in [3.63, 3.8) is 0 Å². The van der Waals surface area contributed by atoms with Gasteiger partial charge in [0.25, 0.3) is 0 Å². The van der Waals surface area contributed by atoms with E-state index in [1.807, 2.05) is 0 Å². The molecule has 1 aromatic carbocycles. The van der Waals surface area contributed by atoms with Gasteiger partial charge in [0.15, 0.2) is 0 Å². The number of alkyl halides is 1. The highest BCUT2D eigenvalue weighted by Gasteiger charge is 2.11. The zero-order valence-electron chi connectivity index (χ0n) is 11.4. The van der Waals surface area contributed by atoms with Gasteiger partial charge in [0.2, 0.25) is 0 Å². The molecule has 0 aromatic heterocycles. The molecule has 0 saturated carbocycles. The molecule has 0 nitrogen and oxygen atoms in total. The summed E-state index contributed by atoms with van der Waals surface area (Å²) in [5.74, 6) is 0. The van der Waals surface area contributed by atoms with Gasteiger partial charge in [-0.15, -0.1) is 0 Å². The first-order valence-corrected chi connectivity index (χ1v) is 7.90. The lowest BCUT2D eigenvalue weighted by Gasteiger charge is -2.15. The molecule has 1 atom stereocenters. The standard InChI is InChI=1S/C16H25Br/c1-4-7-8-9-16(17)15-12-13(5-2)10-11-14(15)6-3/h10-12,16H,4-9H2,1-3H3. The van der Waals surface area contributed by atoms with E-state index in [0.29, 0.717) is 4.83 Å². The highest BCUT2D eigenvalue weighted by Crippen LogP contribution is 2.32. The van der Waals surface area contributed by atoms with Crippen LogP contribution in [0.2, 0.25) is 0 Å². The van der Waals surface area contributed by atoms with Crippen molar-refractivity contribution in [1.29, 1.82) is 0 Å². The van der Waals surface area contributed by atoms with Crippen LogP contribution in [0.5, 0.6) is 0 Å². The highest BCUT2D eigenvalue weighted by atomic mass is 79.9. The van der Waals surface area contributed by atoms with Crippen molar-refractivity contribution >= 4 is 15.9 Å². The van der Waals surface area contributed by atoms with Gasteiger partial charge in [0.1, 0.15) is 0 Å². The second-order valence-corrected chi connectivity index (χ2v) is 5.81. The van der Waals surface area contributed by atoms with Gasteiger partial charge in [-0.1, -0.05) is 74.2 Å². The third kappa shape index (κ3) is 4.46. The van der Waals surface area contributed by atoms with Crippen molar-refractivity contribution in [2.45, 2.75) is 64.1 Å². The summed E-state index contributed by atoms with van der Waals surface area (Å²) >= 11 is 3.87. The molecule has 0 fully saturated rings. The number of hydrogen-bond donors (Lipinski definition) is 0. The van der Waals surface area contributed by atoms with Gasteiger partial charge < -0.3 is 0 Å². The Morgan fingerprint density at radius 2 is 1.82 bits per heavy atom. The molecule has 0 bridgehead atoms. The minimum atomic E-state index is 0.538. The lowest BCUT2D eigenvalue weighted by molar-refractivity contribution is 0.661. The largest absolute Gasteiger partial charge is 0.0839 e. The molecule has 1 heteroatoms. The van der Waals surface area contributed by atoms with Crippen LogP contribution in [-0.4, -0.2) is 0 Å². The summed E-state index contributed by atoms with van der Waals surface area (Å²) in [6.07, 6.45) is 7.49. The summed E-state index contributed by atoms with van der Waals surface area (Å²) < 4.78 is 0. The van der Waals surface area contributed by atoms with Crippen molar-refractivity contribution in [3.8, 4) is 0 Å². The van der Waals surface area contributed by atoms with Crippen molar-refractivity contribution in [3.05, 3.63) is 34.9 Å². The Balaban J connectivity index is 2.78. The Morgan fingerprint density at radius 1 is 1.06 bits per heavy atom. The molecule has 0 aliphatic carbocycles. The number of unbranched alkanes of at least 4 members (excludes halogenated alkanes) is 2.